The summed E-state index contributed by atoms with van der Waals surface area (Å²) >= 11 is 0. The van der Waals surface area contributed by atoms with E-state index in [1.54, 1.807) is 13.8 Å². The maximum absolute atomic E-state index is 12.6. The van der Waals surface area contributed by atoms with E-state index in [4.69, 9.17) is 4.52 Å². The molecule has 122 valence electrons. The molecule has 1 aromatic carbocycles. The van der Waals surface area contributed by atoms with Crippen molar-refractivity contribution in [2.24, 2.45) is 0 Å². The van der Waals surface area contributed by atoms with E-state index in [0.29, 0.717) is 17.3 Å². The van der Waals surface area contributed by atoms with Crippen molar-refractivity contribution in [1.29, 1.82) is 0 Å². The van der Waals surface area contributed by atoms with Gasteiger partial charge in [0.2, 0.25) is 15.9 Å². The lowest BCUT2D eigenvalue weighted by Gasteiger charge is -2.36. The first-order valence-electron chi connectivity index (χ1n) is 6.84. The molecular formula is C13H14N4O5S. The van der Waals surface area contributed by atoms with Gasteiger partial charge in [0, 0.05) is 25.2 Å². The molecule has 3 rings (SSSR count). The van der Waals surface area contributed by atoms with Crippen molar-refractivity contribution in [3.05, 3.63) is 45.6 Å². The summed E-state index contributed by atoms with van der Waals surface area (Å²) < 4.78 is 31.5. The predicted molar refractivity (Wildman–Crippen MR) is 78.4 cm³/mol. The number of benzene rings is 1. The number of hydrogen-bond donors (Lipinski definition) is 0. The van der Waals surface area contributed by atoms with Crippen LogP contribution in [0.15, 0.2) is 27.6 Å². The zero-order valence-corrected chi connectivity index (χ0v) is 13.3. The van der Waals surface area contributed by atoms with E-state index < -0.39 is 14.9 Å². The second-order valence-electron chi connectivity index (χ2n) is 5.41. The molecule has 0 amide bonds. The van der Waals surface area contributed by atoms with Crippen LogP contribution < -0.4 is 0 Å². The summed E-state index contributed by atoms with van der Waals surface area (Å²) in [5.41, 5.74) is 0.214. The molecule has 0 radical (unpaired) electrons. The third kappa shape index (κ3) is 2.70. The van der Waals surface area contributed by atoms with Crippen molar-refractivity contribution in [3.8, 4) is 0 Å². The lowest BCUT2D eigenvalue weighted by Crippen LogP contribution is -2.48. The maximum Gasteiger partial charge on any atom is 0.270 e. The van der Waals surface area contributed by atoms with Crippen LogP contribution in [0.5, 0.6) is 0 Å². The quantitative estimate of drug-likeness (QED) is 0.610. The van der Waals surface area contributed by atoms with E-state index in [0.717, 1.165) is 6.07 Å². The van der Waals surface area contributed by atoms with Gasteiger partial charge in [-0.15, -0.1) is 0 Å². The molecule has 0 spiro atoms. The van der Waals surface area contributed by atoms with E-state index in [1.807, 2.05) is 0 Å². The Morgan fingerprint density at radius 2 is 2.04 bits per heavy atom. The van der Waals surface area contributed by atoms with Crippen molar-refractivity contribution in [2.75, 3.05) is 13.1 Å². The largest absolute Gasteiger partial charge is 0.339 e. The number of rotatable bonds is 4. The number of sulfonamides is 1. The van der Waals surface area contributed by atoms with Gasteiger partial charge in [0.1, 0.15) is 0 Å². The topological polar surface area (TPSA) is 119 Å². The van der Waals surface area contributed by atoms with Crippen LogP contribution in [0.4, 0.5) is 5.69 Å². The summed E-state index contributed by atoms with van der Waals surface area (Å²) in [5.74, 6) is 0.755. The van der Waals surface area contributed by atoms with Gasteiger partial charge < -0.3 is 4.52 Å². The van der Waals surface area contributed by atoms with Crippen LogP contribution in [-0.2, 0) is 10.0 Å². The average molecular weight is 338 g/mol. The van der Waals surface area contributed by atoms with E-state index in [9.17, 15) is 18.5 Å². The average Bonchev–Trinajstić information content (AvgIpc) is 2.83. The number of nitro benzene ring substituents is 1. The first kappa shape index (κ1) is 15.6. The van der Waals surface area contributed by atoms with Gasteiger partial charge in [-0.25, -0.2) is 8.42 Å². The molecule has 1 aromatic heterocycles. The second-order valence-corrected chi connectivity index (χ2v) is 7.31. The minimum Gasteiger partial charge on any atom is -0.339 e. The van der Waals surface area contributed by atoms with E-state index in [-0.39, 0.29) is 29.6 Å². The minimum absolute atomic E-state index is 0.0492. The first-order chi connectivity index (χ1) is 10.8. The fraction of sp³-hybridized carbons (Fsp3) is 0.385. The third-order valence-corrected chi connectivity index (χ3v) is 5.71. The Balaban J connectivity index is 1.83. The molecular weight excluding hydrogens is 324 g/mol. The summed E-state index contributed by atoms with van der Waals surface area (Å²) in [6.45, 7) is 3.72. The Labute approximate surface area is 132 Å². The van der Waals surface area contributed by atoms with E-state index in [1.165, 1.54) is 16.4 Å². The molecule has 9 nitrogen and oxygen atoms in total. The Bertz CT molecular complexity index is 870. The molecule has 10 heteroatoms. The zero-order valence-electron chi connectivity index (χ0n) is 12.5. The van der Waals surface area contributed by atoms with Crippen LogP contribution in [0.1, 0.15) is 23.2 Å². The van der Waals surface area contributed by atoms with Crippen molar-refractivity contribution in [3.63, 3.8) is 0 Å². The molecule has 0 aliphatic carbocycles. The SMILES string of the molecule is Cc1noc(C2CN(S(=O)(=O)c3cc([N+](=O)[O-])ccc3C)C2)n1. The van der Waals surface area contributed by atoms with E-state index >= 15 is 0 Å². The molecule has 1 aliphatic heterocycles. The van der Waals surface area contributed by atoms with E-state index in [2.05, 4.69) is 10.1 Å². The minimum atomic E-state index is -3.78. The predicted octanol–water partition coefficient (Wildman–Crippen LogP) is 1.38. The highest BCUT2D eigenvalue weighted by atomic mass is 32.2. The summed E-state index contributed by atoms with van der Waals surface area (Å²) in [7, 11) is -3.78. The van der Waals surface area contributed by atoms with Crippen LogP contribution in [-0.4, -0.2) is 40.9 Å². The number of hydrogen-bond acceptors (Lipinski definition) is 7. The van der Waals surface area contributed by atoms with Crippen LogP contribution in [0, 0.1) is 24.0 Å². The van der Waals surface area contributed by atoms with Gasteiger partial charge in [0.25, 0.3) is 5.69 Å². The molecule has 0 atom stereocenters. The summed E-state index contributed by atoms with van der Waals surface area (Å²) in [5, 5.41) is 14.5. The fourth-order valence-corrected chi connectivity index (χ4v) is 4.16. The number of aryl methyl sites for hydroxylation is 2. The zero-order chi connectivity index (χ0) is 16.8. The number of aromatic nitrogens is 2. The second kappa shape index (κ2) is 5.39. The standard InChI is InChI=1S/C13H14N4O5S/c1-8-3-4-11(17(18)19)5-12(8)23(20,21)16-6-10(7-16)13-14-9(2)15-22-13/h3-5,10H,6-7H2,1-2H3. The smallest absolute Gasteiger partial charge is 0.270 e. The molecule has 23 heavy (non-hydrogen) atoms. The molecule has 0 unspecified atom stereocenters. The monoisotopic (exact) mass is 338 g/mol. The summed E-state index contributed by atoms with van der Waals surface area (Å²) in [6.07, 6.45) is 0. The summed E-state index contributed by atoms with van der Waals surface area (Å²) in [6, 6.07) is 3.81. The third-order valence-electron chi connectivity index (χ3n) is 3.74. The van der Waals surface area contributed by atoms with Gasteiger partial charge in [-0.05, 0) is 19.4 Å². The first-order valence-corrected chi connectivity index (χ1v) is 8.28. The van der Waals surface area contributed by atoms with Gasteiger partial charge in [0.05, 0.1) is 15.7 Å². The lowest BCUT2D eigenvalue weighted by atomic mass is 10.0. The van der Waals surface area contributed by atoms with Crippen LogP contribution in [0.3, 0.4) is 0 Å². The highest BCUT2D eigenvalue weighted by Crippen LogP contribution is 2.33. The Morgan fingerprint density at radius 1 is 1.35 bits per heavy atom. The number of nitro groups is 1. The van der Waals surface area contributed by atoms with Crippen LogP contribution in [0.25, 0.3) is 0 Å². The van der Waals surface area contributed by atoms with Crippen molar-refractivity contribution < 1.29 is 17.9 Å². The molecule has 1 fully saturated rings. The van der Waals surface area contributed by atoms with Crippen molar-refractivity contribution in [2.45, 2.75) is 24.7 Å². The summed E-state index contributed by atoms with van der Waals surface area (Å²) in [4.78, 5) is 14.3. The lowest BCUT2D eigenvalue weighted by molar-refractivity contribution is -0.385. The Morgan fingerprint density at radius 3 is 2.61 bits per heavy atom. The highest BCUT2D eigenvalue weighted by Gasteiger charge is 2.41. The van der Waals surface area contributed by atoms with Crippen LogP contribution in [0.2, 0.25) is 0 Å². The van der Waals surface area contributed by atoms with Gasteiger partial charge >= 0.3 is 0 Å². The van der Waals surface area contributed by atoms with Crippen molar-refractivity contribution >= 4 is 15.7 Å². The Kier molecular flexibility index (Phi) is 3.65. The Hall–Kier alpha value is -2.33. The van der Waals surface area contributed by atoms with Gasteiger partial charge in [-0.1, -0.05) is 11.2 Å². The molecule has 2 aromatic rings. The molecule has 0 saturated carbocycles. The van der Waals surface area contributed by atoms with Crippen LogP contribution >= 0.6 is 0 Å². The molecule has 2 heterocycles. The molecule has 0 bridgehead atoms. The van der Waals surface area contributed by atoms with Gasteiger partial charge in [-0.3, -0.25) is 10.1 Å². The van der Waals surface area contributed by atoms with Gasteiger partial charge in [-0.2, -0.15) is 9.29 Å². The maximum atomic E-state index is 12.6. The molecule has 1 aliphatic rings. The molecule has 0 N–H and O–H groups in total. The van der Waals surface area contributed by atoms with Crippen molar-refractivity contribution in [1.82, 2.24) is 14.4 Å². The fourth-order valence-electron chi connectivity index (χ4n) is 2.39. The van der Waals surface area contributed by atoms with Gasteiger partial charge in [0.15, 0.2) is 5.82 Å². The molecule has 1 saturated heterocycles. The highest BCUT2D eigenvalue weighted by molar-refractivity contribution is 7.89. The normalized spacial score (nSPS) is 16.3. The number of nitrogens with zero attached hydrogens (tertiary/aromatic N) is 4. The number of non-ortho nitro benzene ring substituents is 1.